The zero-order valence-corrected chi connectivity index (χ0v) is 20.5. The Kier molecular flexibility index (Phi) is 8.41. The molecule has 0 bridgehead atoms. The number of ether oxygens (including phenoxy) is 2. The Hall–Kier alpha value is -2.97. The van der Waals surface area contributed by atoms with E-state index >= 15 is 0 Å². The molecule has 3 rings (SSSR count). The molecule has 0 aromatic heterocycles. The minimum absolute atomic E-state index is 0.0444. The van der Waals surface area contributed by atoms with Crippen LogP contribution < -0.4 is 15.9 Å². The van der Waals surface area contributed by atoms with Gasteiger partial charge in [-0.1, -0.05) is 61.5 Å². The number of carbonyl (C=O) groups is 2. The van der Waals surface area contributed by atoms with Gasteiger partial charge in [-0.15, -0.1) is 0 Å². The van der Waals surface area contributed by atoms with Crippen LogP contribution in [0.4, 0.5) is 0 Å². The summed E-state index contributed by atoms with van der Waals surface area (Å²) in [5, 5.41) is 3.36. The molecule has 0 aliphatic carbocycles. The number of benzene rings is 3. The van der Waals surface area contributed by atoms with Crippen molar-refractivity contribution in [1.29, 1.82) is 0 Å². The van der Waals surface area contributed by atoms with E-state index in [9.17, 15) is 9.59 Å². The Morgan fingerprint density at radius 1 is 0.697 bits per heavy atom. The van der Waals surface area contributed by atoms with Gasteiger partial charge in [-0.25, -0.2) is 4.79 Å². The van der Waals surface area contributed by atoms with Gasteiger partial charge in [0.1, 0.15) is 36.4 Å². The minimum Gasteiger partial charge on any atom is -0.462 e. The number of hydrogen-bond acceptors (Lipinski definition) is 4. The normalized spacial score (nSPS) is 11.6. The molecule has 0 atom stereocenters. The van der Waals surface area contributed by atoms with Gasteiger partial charge < -0.3 is 9.47 Å². The fourth-order valence-electron chi connectivity index (χ4n) is 3.64. The number of hydrogen-bond donors (Lipinski definition) is 0. The summed E-state index contributed by atoms with van der Waals surface area (Å²) < 4.78 is 10.9. The van der Waals surface area contributed by atoms with Gasteiger partial charge in [0.05, 0.1) is 5.41 Å². The first-order chi connectivity index (χ1) is 15.9. The molecule has 0 amide bonds. The molecule has 0 saturated carbocycles. The third-order valence-electron chi connectivity index (χ3n) is 5.97. The summed E-state index contributed by atoms with van der Waals surface area (Å²) in [4.78, 5) is 25.3. The third kappa shape index (κ3) is 5.89. The second kappa shape index (κ2) is 11.2. The third-order valence-corrected chi connectivity index (χ3v) is 10.2. The first-order valence-electron chi connectivity index (χ1n) is 11.3. The first kappa shape index (κ1) is 24.7. The Morgan fingerprint density at radius 3 is 1.48 bits per heavy atom. The van der Waals surface area contributed by atoms with Crippen molar-refractivity contribution in [1.82, 2.24) is 0 Å². The van der Waals surface area contributed by atoms with Crippen LogP contribution in [0.2, 0.25) is 0 Å². The van der Waals surface area contributed by atoms with Crippen LogP contribution in [0.3, 0.4) is 0 Å². The monoisotopic (exact) mass is 463 g/mol. The van der Waals surface area contributed by atoms with Crippen molar-refractivity contribution in [2.45, 2.75) is 27.2 Å². The standard InChI is InChI=1S/C28H32O4P/c1-4-28(2,3)27(30)32-21-20-31-26(29)22-33(23-14-8-5-9-15-23,24-16-10-6-11-17-24)25-18-12-7-13-19-25/h5-19H,4,20-22H2,1-3H3/q+1. The number of esters is 2. The van der Waals surface area contributed by atoms with E-state index < -0.39 is 12.7 Å². The summed E-state index contributed by atoms with van der Waals surface area (Å²) in [6.07, 6.45) is 0.920. The largest absolute Gasteiger partial charge is 0.462 e. The zero-order valence-electron chi connectivity index (χ0n) is 19.6. The van der Waals surface area contributed by atoms with Crippen molar-refractivity contribution in [3.63, 3.8) is 0 Å². The van der Waals surface area contributed by atoms with Gasteiger partial charge in [0, 0.05) is 0 Å². The minimum atomic E-state index is -2.29. The second-order valence-electron chi connectivity index (χ2n) is 8.57. The van der Waals surface area contributed by atoms with Gasteiger partial charge in [-0.05, 0) is 56.7 Å². The number of rotatable bonds is 10. The highest BCUT2D eigenvalue weighted by Crippen LogP contribution is 2.55. The summed E-state index contributed by atoms with van der Waals surface area (Å²) >= 11 is 0. The molecule has 0 radical (unpaired) electrons. The fourth-order valence-corrected chi connectivity index (χ4v) is 7.60. The lowest BCUT2D eigenvalue weighted by atomic mass is 9.91. The van der Waals surface area contributed by atoms with Crippen molar-refractivity contribution < 1.29 is 19.1 Å². The highest BCUT2D eigenvalue weighted by molar-refractivity contribution is 7.96. The quantitative estimate of drug-likeness (QED) is 0.252. The Balaban J connectivity index is 1.85. The van der Waals surface area contributed by atoms with Crippen LogP contribution in [0.5, 0.6) is 0 Å². The lowest BCUT2D eigenvalue weighted by Crippen LogP contribution is -2.36. The fraction of sp³-hybridized carbons (Fsp3) is 0.286. The molecule has 172 valence electrons. The van der Waals surface area contributed by atoms with Crippen molar-refractivity contribution >= 4 is 35.1 Å². The molecule has 4 nitrogen and oxygen atoms in total. The van der Waals surface area contributed by atoms with E-state index in [1.165, 1.54) is 0 Å². The molecule has 5 heteroatoms. The van der Waals surface area contributed by atoms with Gasteiger partial charge >= 0.3 is 11.9 Å². The molecule has 33 heavy (non-hydrogen) atoms. The van der Waals surface area contributed by atoms with Gasteiger partial charge in [-0.3, -0.25) is 4.79 Å². The van der Waals surface area contributed by atoms with Gasteiger partial charge in [0.25, 0.3) is 0 Å². The summed E-state index contributed by atoms with van der Waals surface area (Å²) in [6.45, 7) is 5.74. The van der Waals surface area contributed by atoms with Gasteiger partial charge in [0.15, 0.2) is 6.16 Å². The Morgan fingerprint density at radius 2 is 1.09 bits per heavy atom. The molecular weight excluding hydrogens is 431 g/mol. The van der Waals surface area contributed by atoms with Gasteiger partial charge in [0.2, 0.25) is 0 Å². The van der Waals surface area contributed by atoms with Crippen molar-refractivity contribution in [2.24, 2.45) is 5.41 Å². The van der Waals surface area contributed by atoms with E-state index in [0.717, 1.165) is 15.9 Å². The zero-order chi connectivity index (χ0) is 23.7. The summed E-state index contributed by atoms with van der Waals surface area (Å²) in [5.41, 5.74) is -0.543. The molecule has 0 spiro atoms. The average molecular weight is 464 g/mol. The highest BCUT2D eigenvalue weighted by atomic mass is 31.2. The van der Waals surface area contributed by atoms with Crippen LogP contribution in [0.1, 0.15) is 27.2 Å². The van der Waals surface area contributed by atoms with Crippen LogP contribution in [-0.2, 0) is 19.1 Å². The van der Waals surface area contributed by atoms with Crippen molar-refractivity contribution in [3.8, 4) is 0 Å². The molecule has 0 heterocycles. The maximum absolute atomic E-state index is 13.1. The first-order valence-corrected chi connectivity index (χ1v) is 13.3. The van der Waals surface area contributed by atoms with Crippen molar-refractivity contribution in [3.05, 3.63) is 91.0 Å². The van der Waals surface area contributed by atoms with E-state index in [4.69, 9.17) is 9.47 Å². The van der Waals surface area contributed by atoms with Crippen LogP contribution in [0.25, 0.3) is 0 Å². The summed E-state index contributed by atoms with van der Waals surface area (Å²) in [6, 6.07) is 30.6. The number of carbonyl (C=O) groups excluding carboxylic acids is 2. The maximum atomic E-state index is 13.1. The van der Waals surface area contributed by atoms with Crippen molar-refractivity contribution in [2.75, 3.05) is 19.4 Å². The molecule has 3 aromatic carbocycles. The van der Waals surface area contributed by atoms with E-state index in [-0.39, 0.29) is 31.3 Å². The van der Waals surface area contributed by atoms with Crippen LogP contribution >= 0.6 is 7.26 Å². The van der Waals surface area contributed by atoms with E-state index in [1.807, 2.05) is 75.4 Å². The van der Waals surface area contributed by atoms with E-state index in [1.54, 1.807) is 0 Å². The molecule has 0 N–H and O–H groups in total. The highest BCUT2D eigenvalue weighted by Gasteiger charge is 2.47. The lowest BCUT2D eigenvalue weighted by molar-refractivity contribution is -0.158. The van der Waals surface area contributed by atoms with E-state index in [2.05, 4.69) is 36.4 Å². The lowest BCUT2D eigenvalue weighted by Gasteiger charge is -2.26. The van der Waals surface area contributed by atoms with Gasteiger partial charge in [-0.2, -0.15) is 0 Å². The van der Waals surface area contributed by atoms with Crippen LogP contribution in [0, 0.1) is 5.41 Å². The molecule has 0 unspecified atom stereocenters. The van der Waals surface area contributed by atoms with Crippen LogP contribution in [0.15, 0.2) is 91.0 Å². The Bertz CT molecular complexity index is 937. The SMILES string of the molecule is CCC(C)(C)C(=O)OCCOC(=O)C[P+](c1ccccc1)(c1ccccc1)c1ccccc1. The molecule has 0 saturated heterocycles. The molecular formula is C28H32O4P+. The van der Waals surface area contributed by atoms with Crippen LogP contribution in [-0.4, -0.2) is 31.3 Å². The van der Waals surface area contributed by atoms with E-state index in [0.29, 0.717) is 6.42 Å². The molecule has 0 fully saturated rings. The predicted octanol–water partition coefficient (Wildman–Crippen LogP) is 4.50. The topological polar surface area (TPSA) is 52.6 Å². The maximum Gasteiger partial charge on any atom is 0.345 e. The molecule has 3 aromatic rings. The summed E-state index contributed by atoms with van der Waals surface area (Å²) in [7, 11) is -2.29. The predicted molar refractivity (Wildman–Crippen MR) is 136 cm³/mol. The molecule has 0 aliphatic rings. The average Bonchev–Trinajstić information content (AvgIpc) is 2.86. The molecule has 0 aliphatic heterocycles. The Labute approximate surface area is 197 Å². The second-order valence-corrected chi connectivity index (χ2v) is 12.1. The summed E-state index contributed by atoms with van der Waals surface area (Å²) in [5.74, 6) is -0.577. The smallest absolute Gasteiger partial charge is 0.345 e.